The Morgan fingerprint density at radius 2 is 2.00 bits per heavy atom. The van der Waals surface area contributed by atoms with Crippen LogP contribution in [-0.4, -0.2) is 0 Å². The van der Waals surface area contributed by atoms with Gasteiger partial charge in [0.2, 0.25) is 0 Å². The van der Waals surface area contributed by atoms with Gasteiger partial charge in [0, 0.05) is 0 Å². The van der Waals surface area contributed by atoms with E-state index in [-0.39, 0.29) is 0 Å². The van der Waals surface area contributed by atoms with Crippen LogP contribution in [0.3, 0.4) is 0 Å². The molecule has 0 aromatic heterocycles. The smallest absolute Gasteiger partial charge is 0.0160 e. The zero-order chi connectivity index (χ0) is 6.36. The maximum Gasteiger partial charge on any atom is -0.0160 e. The van der Waals surface area contributed by atoms with E-state index in [1.807, 2.05) is 0 Å². The van der Waals surface area contributed by atoms with Crippen LogP contribution >= 0.6 is 0 Å². The third-order valence-corrected chi connectivity index (χ3v) is 1.24. The minimum atomic E-state index is 1.03. The predicted molar refractivity (Wildman–Crippen MR) is 39.9 cm³/mol. The zero-order valence-electron chi connectivity index (χ0n) is 5.51. The van der Waals surface area contributed by atoms with Crippen LogP contribution in [0.5, 0.6) is 0 Å². The van der Waals surface area contributed by atoms with Crippen molar-refractivity contribution in [2.75, 3.05) is 0 Å². The molecule has 0 aromatic rings. The van der Waals surface area contributed by atoms with Crippen molar-refractivity contribution in [1.82, 2.24) is 0 Å². The second-order valence-electron chi connectivity index (χ2n) is 2.04. The molecule has 0 aliphatic heterocycles. The summed E-state index contributed by atoms with van der Waals surface area (Å²) >= 11 is 0. The van der Waals surface area contributed by atoms with Gasteiger partial charge in [-0.25, -0.2) is 0 Å². The summed E-state index contributed by atoms with van der Waals surface area (Å²) in [5.74, 6) is 0. The van der Waals surface area contributed by atoms with Gasteiger partial charge in [0.15, 0.2) is 0 Å². The summed E-state index contributed by atoms with van der Waals surface area (Å²) in [7, 11) is 0. The molecule has 0 atom stereocenters. The Kier molecular flexibility index (Phi) is 2.91. The lowest BCUT2D eigenvalue weighted by Gasteiger charge is -1.80. The molecule has 0 fully saturated rings. The van der Waals surface area contributed by atoms with Crippen molar-refractivity contribution >= 4 is 0 Å². The highest BCUT2D eigenvalue weighted by atomic mass is 13.8. The van der Waals surface area contributed by atoms with Crippen molar-refractivity contribution in [3.63, 3.8) is 0 Å². The first-order valence-electron chi connectivity index (χ1n) is 3.37. The molecule has 47 valence electrons. The van der Waals surface area contributed by atoms with E-state index < -0.39 is 0 Å². The van der Waals surface area contributed by atoms with Crippen molar-refractivity contribution < 1.29 is 0 Å². The van der Waals surface area contributed by atoms with E-state index in [4.69, 9.17) is 0 Å². The van der Waals surface area contributed by atoms with Crippen molar-refractivity contribution in [2.24, 2.45) is 0 Å². The van der Waals surface area contributed by atoms with Gasteiger partial charge >= 0.3 is 0 Å². The molecule has 0 saturated heterocycles. The highest BCUT2D eigenvalue weighted by molar-refractivity contribution is 5.05. The SMILES string of the molecule is [C]1=CCC=CC=CCC1. The minimum Gasteiger partial charge on any atom is -0.0842 e. The van der Waals surface area contributed by atoms with Crippen LogP contribution < -0.4 is 0 Å². The average Bonchev–Trinajstić information content (AvgIpc) is 2.00. The lowest BCUT2D eigenvalue weighted by Crippen LogP contribution is -1.62. The topological polar surface area (TPSA) is 0 Å². The van der Waals surface area contributed by atoms with E-state index in [1.165, 1.54) is 0 Å². The molecule has 0 heterocycles. The van der Waals surface area contributed by atoms with E-state index in [0.717, 1.165) is 19.3 Å². The summed E-state index contributed by atoms with van der Waals surface area (Å²) in [5, 5.41) is 0. The lowest BCUT2D eigenvalue weighted by molar-refractivity contribution is 1.02. The monoisotopic (exact) mass is 119 g/mol. The summed E-state index contributed by atoms with van der Waals surface area (Å²) in [6.45, 7) is 0. The van der Waals surface area contributed by atoms with Crippen LogP contribution in [0.4, 0.5) is 0 Å². The average molecular weight is 119 g/mol. The molecule has 0 saturated carbocycles. The van der Waals surface area contributed by atoms with Gasteiger partial charge in [-0.05, 0) is 25.3 Å². The van der Waals surface area contributed by atoms with E-state index in [1.54, 1.807) is 0 Å². The fraction of sp³-hybridized carbons (Fsp3) is 0.333. The van der Waals surface area contributed by atoms with Crippen LogP contribution in [0.25, 0.3) is 0 Å². The second kappa shape index (κ2) is 4.13. The third kappa shape index (κ3) is 2.91. The van der Waals surface area contributed by atoms with Gasteiger partial charge in [-0.15, -0.1) is 0 Å². The maximum atomic E-state index is 3.20. The number of hydrogen-bond acceptors (Lipinski definition) is 0. The summed E-state index contributed by atoms with van der Waals surface area (Å²) in [6.07, 6.45) is 17.0. The van der Waals surface area contributed by atoms with Gasteiger partial charge in [-0.2, -0.15) is 0 Å². The quantitative estimate of drug-likeness (QED) is 0.460. The van der Waals surface area contributed by atoms with Gasteiger partial charge in [0.05, 0.1) is 0 Å². The van der Waals surface area contributed by atoms with Crippen molar-refractivity contribution in [3.8, 4) is 0 Å². The molecule has 0 heteroatoms. The summed E-state index contributed by atoms with van der Waals surface area (Å²) in [5.41, 5.74) is 0. The van der Waals surface area contributed by atoms with Crippen molar-refractivity contribution in [1.29, 1.82) is 0 Å². The fourth-order valence-electron chi connectivity index (χ4n) is 0.752. The Bertz CT molecular complexity index is 138. The van der Waals surface area contributed by atoms with Crippen LogP contribution in [0.2, 0.25) is 0 Å². The predicted octanol–water partition coefficient (Wildman–Crippen LogP) is 2.64. The van der Waals surface area contributed by atoms with Gasteiger partial charge in [0.25, 0.3) is 0 Å². The largest absolute Gasteiger partial charge is 0.0842 e. The summed E-state index contributed by atoms with van der Waals surface area (Å²) in [4.78, 5) is 0. The van der Waals surface area contributed by atoms with Crippen LogP contribution in [0, 0.1) is 6.08 Å². The fourth-order valence-corrected chi connectivity index (χ4v) is 0.752. The molecule has 1 rings (SSSR count). The van der Waals surface area contributed by atoms with Crippen molar-refractivity contribution in [3.05, 3.63) is 36.5 Å². The first-order chi connectivity index (χ1) is 4.50. The zero-order valence-corrected chi connectivity index (χ0v) is 5.51. The van der Waals surface area contributed by atoms with Gasteiger partial charge in [0.1, 0.15) is 0 Å². The molecule has 1 aliphatic carbocycles. The number of rotatable bonds is 0. The van der Waals surface area contributed by atoms with E-state index >= 15 is 0 Å². The first kappa shape index (κ1) is 6.34. The molecule has 1 radical (unpaired) electrons. The molecule has 0 unspecified atom stereocenters. The van der Waals surface area contributed by atoms with Crippen LogP contribution in [0.15, 0.2) is 30.4 Å². The van der Waals surface area contributed by atoms with Crippen LogP contribution in [0.1, 0.15) is 19.3 Å². The van der Waals surface area contributed by atoms with Crippen LogP contribution in [-0.2, 0) is 0 Å². The summed E-state index contributed by atoms with van der Waals surface area (Å²) < 4.78 is 0. The highest BCUT2D eigenvalue weighted by Gasteiger charge is 1.78. The molecular formula is C9H11. The van der Waals surface area contributed by atoms with E-state index in [9.17, 15) is 0 Å². The molecule has 0 bridgehead atoms. The van der Waals surface area contributed by atoms with Gasteiger partial charge in [-0.1, -0.05) is 30.4 Å². The minimum absolute atomic E-state index is 1.03. The first-order valence-corrected chi connectivity index (χ1v) is 3.37. The Hall–Kier alpha value is -0.780. The molecule has 1 aliphatic rings. The Morgan fingerprint density at radius 1 is 1.11 bits per heavy atom. The normalized spacial score (nSPS) is 18.7. The molecule has 0 spiro atoms. The molecule has 0 amide bonds. The molecule has 9 heavy (non-hydrogen) atoms. The number of hydrogen-bond donors (Lipinski definition) is 0. The maximum absolute atomic E-state index is 3.20. The standard InChI is InChI=1S/C9H11/c1-2-4-6-8-9-7-5-3-1/h1-4,7H,5-6,8H2. The Balaban J connectivity index is 2.43. The third-order valence-electron chi connectivity index (χ3n) is 1.24. The molecule has 0 aromatic carbocycles. The van der Waals surface area contributed by atoms with E-state index in [0.29, 0.717) is 0 Å². The van der Waals surface area contributed by atoms with Crippen molar-refractivity contribution in [2.45, 2.75) is 19.3 Å². The molecule has 0 N–H and O–H groups in total. The molecular weight excluding hydrogens is 108 g/mol. The Morgan fingerprint density at radius 3 is 3.00 bits per heavy atom. The lowest BCUT2D eigenvalue weighted by atomic mass is 10.3. The van der Waals surface area contributed by atoms with Gasteiger partial charge < -0.3 is 0 Å². The second-order valence-corrected chi connectivity index (χ2v) is 2.04. The molecule has 0 nitrogen and oxygen atoms in total. The Labute approximate surface area is 56.6 Å². The van der Waals surface area contributed by atoms with Gasteiger partial charge in [-0.3, -0.25) is 0 Å². The summed E-state index contributed by atoms with van der Waals surface area (Å²) in [6, 6.07) is 0. The highest BCUT2D eigenvalue weighted by Crippen LogP contribution is 1.97. The number of allylic oxidation sites excluding steroid dienone is 6. The van der Waals surface area contributed by atoms with E-state index in [2.05, 4.69) is 36.5 Å².